The maximum Gasteiger partial charge on any atom is 0.0443 e. The van der Waals surface area contributed by atoms with E-state index in [9.17, 15) is 0 Å². The molecule has 0 aliphatic heterocycles. The first kappa shape index (κ1) is 12.1. The van der Waals surface area contributed by atoms with Crippen LogP contribution in [0.1, 0.15) is 44.5 Å². The zero-order valence-electron chi connectivity index (χ0n) is 12.5. The van der Waals surface area contributed by atoms with Gasteiger partial charge in [0.25, 0.3) is 0 Å². The summed E-state index contributed by atoms with van der Waals surface area (Å²) in [5, 5.41) is 1.45. The molecule has 0 radical (unpaired) electrons. The third-order valence-electron chi connectivity index (χ3n) is 5.45. The Morgan fingerprint density at radius 2 is 1.09 bits per heavy atom. The Hall–Kier alpha value is -2.38. The van der Waals surface area contributed by atoms with E-state index in [0.717, 1.165) is 0 Å². The van der Waals surface area contributed by atoms with Crippen LogP contribution in [0.25, 0.3) is 10.1 Å². The topological polar surface area (TPSA) is 0 Å². The van der Waals surface area contributed by atoms with Crippen molar-refractivity contribution in [2.45, 2.75) is 11.8 Å². The third-order valence-corrected chi connectivity index (χ3v) is 6.70. The Balaban J connectivity index is 1.81. The first-order chi connectivity index (χ1) is 11.4. The van der Waals surface area contributed by atoms with Crippen molar-refractivity contribution in [3.63, 3.8) is 0 Å². The summed E-state index contributed by atoms with van der Waals surface area (Å²) < 4.78 is 1.42. The summed E-state index contributed by atoms with van der Waals surface area (Å²) in [4.78, 5) is 1.56. The molecule has 0 atom stereocenters. The highest BCUT2D eigenvalue weighted by Crippen LogP contribution is 2.59. The van der Waals surface area contributed by atoms with Crippen molar-refractivity contribution in [3.8, 4) is 0 Å². The summed E-state index contributed by atoms with van der Waals surface area (Å²) in [6.07, 6.45) is 0. The van der Waals surface area contributed by atoms with E-state index in [4.69, 9.17) is 0 Å². The Morgan fingerprint density at radius 1 is 0.565 bits per heavy atom. The van der Waals surface area contributed by atoms with Gasteiger partial charge in [0.15, 0.2) is 0 Å². The molecule has 0 amide bonds. The van der Waals surface area contributed by atoms with E-state index in [2.05, 4.69) is 72.8 Å². The molecule has 0 unspecified atom stereocenters. The van der Waals surface area contributed by atoms with Crippen LogP contribution in [0, 0.1) is 0 Å². The molecule has 4 aromatic rings. The van der Waals surface area contributed by atoms with Crippen LogP contribution in [0.2, 0.25) is 0 Å². The lowest BCUT2D eigenvalue weighted by Crippen LogP contribution is -2.25. The van der Waals surface area contributed by atoms with Gasteiger partial charge < -0.3 is 0 Å². The first-order valence-electron chi connectivity index (χ1n) is 8.12. The van der Waals surface area contributed by atoms with Crippen molar-refractivity contribution in [2.24, 2.45) is 0 Å². The van der Waals surface area contributed by atoms with E-state index in [-0.39, 0.29) is 0 Å². The minimum Gasteiger partial charge on any atom is -0.139 e. The average molecular weight is 310 g/mol. The Kier molecular flexibility index (Phi) is 2.17. The first-order valence-corrected chi connectivity index (χ1v) is 8.94. The van der Waals surface area contributed by atoms with Gasteiger partial charge in [0.05, 0.1) is 0 Å². The summed E-state index contributed by atoms with van der Waals surface area (Å²) in [6.45, 7) is 0. The van der Waals surface area contributed by atoms with Gasteiger partial charge in [-0.15, -0.1) is 11.3 Å². The lowest BCUT2D eigenvalue weighted by atomic mass is 9.63. The number of hydrogen-bond donors (Lipinski definition) is 0. The Labute approximate surface area is 139 Å². The zero-order valence-corrected chi connectivity index (χ0v) is 13.3. The summed E-state index contributed by atoms with van der Waals surface area (Å²) in [6, 6.07) is 27.0. The summed E-state index contributed by atoms with van der Waals surface area (Å²) in [5.41, 5.74) is 7.60. The lowest BCUT2D eigenvalue weighted by Gasteiger charge is -2.40. The monoisotopic (exact) mass is 310 g/mol. The van der Waals surface area contributed by atoms with E-state index in [0.29, 0.717) is 11.8 Å². The molecule has 23 heavy (non-hydrogen) atoms. The van der Waals surface area contributed by atoms with Crippen LogP contribution in [0.5, 0.6) is 0 Å². The van der Waals surface area contributed by atoms with Gasteiger partial charge in [0, 0.05) is 21.4 Å². The molecular weight excluding hydrogens is 296 g/mol. The molecule has 3 aliphatic carbocycles. The van der Waals surface area contributed by atoms with Crippen LogP contribution in [-0.4, -0.2) is 0 Å². The number of rotatable bonds is 0. The third kappa shape index (κ3) is 1.37. The van der Waals surface area contributed by atoms with Crippen molar-refractivity contribution >= 4 is 21.4 Å². The maximum atomic E-state index is 2.33. The molecule has 2 bridgehead atoms. The molecular formula is C22H14S. The Bertz CT molecular complexity index is 1040. The standard InChI is InChI=1S/C22H14S/c1-3-9-15-13(7-1)19-14-8-2-4-10-16(14)20(15)22-21(19)17-11-5-6-12-18(17)23-22/h1-12,19-20H. The summed E-state index contributed by atoms with van der Waals surface area (Å²) in [7, 11) is 0. The second-order valence-corrected chi connectivity index (χ2v) is 7.58. The molecule has 3 aromatic carbocycles. The molecule has 0 fully saturated rings. The van der Waals surface area contributed by atoms with Crippen molar-refractivity contribution in [3.05, 3.63) is 105 Å². The van der Waals surface area contributed by atoms with Crippen LogP contribution in [0.15, 0.2) is 72.8 Å². The molecule has 1 aromatic heterocycles. The normalized spacial score (nSPS) is 20.2. The highest BCUT2D eigenvalue weighted by atomic mass is 32.1. The maximum absolute atomic E-state index is 2.33. The Morgan fingerprint density at radius 3 is 1.74 bits per heavy atom. The molecule has 0 nitrogen and oxygen atoms in total. The van der Waals surface area contributed by atoms with Gasteiger partial charge in [-0.3, -0.25) is 0 Å². The zero-order chi connectivity index (χ0) is 15.0. The van der Waals surface area contributed by atoms with Gasteiger partial charge in [-0.2, -0.15) is 0 Å². The molecule has 1 heterocycles. The van der Waals surface area contributed by atoms with Crippen molar-refractivity contribution in [1.82, 2.24) is 0 Å². The predicted molar refractivity (Wildman–Crippen MR) is 96.6 cm³/mol. The van der Waals surface area contributed by atoms with Crippen LogP contribution in [0.4, 0.5) is 0 Å². The van der Waals surface area contributed by atoms with E-state index >= 15 is 0 Å². The van der Waals surface area contributed by atoms with Gasteiger partial charge >= 0.3 is 0 Å². The van der Waals surface area contributed by atoms with Crippen LogP contribution < -0.4 is 0 Å². The lowest BCUT2D eigenvalue weighted by molar-refractivity contribution is 0.776. The van der Waals surface area contributed by atoms with Crippen molar-refractivity contribution < 1.29 is 0 Å². The van der Waals surface area contributed by atoms with Crippen molar-refractivity contribution in [1.29, 1.82) is 0 Å². The van der Waals surface area contributed by atoms with Crippen LogP contribution >= 0.6 is 11.3 Å². The van der Waals surface area contributed by atoms with Gasteiger partial charge in [-0.05, 0) is 39.3 Å². The second kappa shape index (κ2) is 4.12. The highest BCUT2D eigenvalue weighted by molar-refractivity contribution is 7.19. The molecule has 1 heteroatoms. The fourth-order valence-electron chi connectivity index (χ4n) is 4.60. The largest absolute Gasteiger partial charge is 0.139 e. The van der Waals surface area contributed by atoms with Crippen LogP contribution in [-0.2, 0) is 0 Å². The van der Waals surface area contributed by atoms with Gasteiger partial charge in [0.2, 0.25) is 0 Å². The fraction of sp³-hybridized carbons (Fsp3) is 0.0909. The molecule has 0 spiro atoms. The SMILES string of the molecule is c1ccc2c(c1)C1c3ccccc3C2c2c1sc1ccccc21. The molecule has 3 aliphatic rings. The van der Waals surface area contributed by atoms with Gasteiger partial charge in [0.1, 0.15) is 0 Å². The molecule has 108 valence electrons. The smallest absolute Gasteiger partial charge is 0.0443 e. The van der Waals surface area contributed by atoms with Gasteiger partial charge in [-0.25, -0.2) is 0 Å². The van der Waals surface area contributed by atoms with Crippen molar-refractivity contribution in [2.75, 3.05) is 0 Å². The van der Waals surface area contributed by atoms with Gasteiger partial charge in [-0.1, -0.05) is 66.7 Å². The average Bonchev–Trinajstić information content (AvgIpc) is 3.01. The number of benzene rings is 3. The number of thiophene rings is 1. The highest BCUT2D eigenvalue weighted by Gasteiger charge is 2.43. The quantitative estimate of drug-likeness (QED) is 0.328. The fourth-order valence-corrected chi connectivity index (χ4v) is 5.98. The number of hydrogen-bond acceptors (Lipinski definition) is 1. The summed E-state index contributed by atoms with van der Waals surface area (Å²) in [5.74, 6) is 0.818. The molecule has 0 saturated carbocycles. The minimum absolute atomic E-state index is 0.401. The van der Waals surface area contributed by atoms with E-state index in [1.54, 1.807) is 10.4 Å². The minimum atomic E-state index is 0.401. The van der Waals surface area contributed by atoms with E-state index in [1.807, 2.05) is 11.3 Å². The molecule has 0 N–H and O–H groups in total. The van der Waals surface area contributed by atoms with E-state index < -0.39 is 0 Å². The van der Waals surface area contributed by atoms with Crippen LogP contribution in [0.3, 0.4) is 0 Å². The molecule has 0 saturated heterocycles. The summed E-state index contributed by atoms with van der Waals surface area (Å²) >= 11 is 1.99. The second-order valence-electron chi connectivity index (χ2n) is 6.50. The number of fused-ring (bicyclic) bond motifs is 1. The molecule has 7 rings (SSSR count). The predicted octanol–water partition coefficient (Wildman–Crippen LogP) is 5.89. The van der Waals surface area contributed by atoms with E-state index in [1.165, 1.54) is 32.3 Å².